The summed E-state index contributed by atoms with van der Waals surface area (Å²) < 4.78 is 23.7. The third-order valence-corrected chi connectivity index (χ3v) is 3.49. The van der Waals surface area contributed by atoms with E-state index in [2.05, 4.69) is 5.32 Å². The molecule has 0 aromatic heterocycles. The van der Waals surface area contributed by atoms with E-state index < -0.39 is 30.4 Å². The van der Waals surface area contributed by atoms with E-state index in [1.165, 1.54) is 19.1 Å². The zero-order valence-electron chi connectivity index (χ0n) is 14.3. The summed E-state index contributed by atoms with van der Waals surface area (Å²) in [7, 11) is 0. The van der Waals surface area contributed by atoms with Gasteiger partial charge in [0.15, 0.2) is 12.7 Å². The summed E-state index contributed by atoms with van der Waals surface area (Å²) in [6.07, 6.45) is -0.383. The first-order valence-electron chi connectivity index (χ1n) is 7.83. The Bertz CT molecular complexity index is 804. The van der Waals surface area contributed by atoms with E-state index in [4.69, 9.17) is 9.47 Å². The van der Waals surface area contributed by atoms with Crippen LogP contribution in [0.2, 0.25) is 0 Å². The van der Waals surface area contributed by atoms with Crippen molar-refractivity contribution in [2.24, 2.45) is 0 Å². The predicted molar refractivity (Wildman–Crippen MR) is 92.6 cm³/mol. The van der Waals surface area contributed by atoms with Gasteiger partial charge in [0.05, 0.1) is 0 Å². The molecule has 0 saturated heterocycles. The number of ether oxygens (including phenoxy) is 2. The van der Waals surface area contributed by atoms with E-state index in [-0.39, 0.29) is 5.69 Å². The van der Waals surface area contributed by atoms with Crippen molar-refractivity contribution in [1.82, 2.24) is 0 Å². The summed E-state index contributed by atoms with van der Waals surface area (Å²) in [6, 6.07) is 10.4. The van der Waals surface area contributed by atoms with E-state index in [0.717, 1.165) is 0 Å². The first-order valence-corrected chi connectivity index (χ1v) is 7.83. The first-order chi connectivity index (χ1) is 12.4. The summed E-state index contributed by atoms with van der Waals surface area (Å²) in [4.78, 5) is 34.3. The molecule has 7 heteroatoms. The number of amides is 1. The monoisotopic (exact) mass is 359 g/mol. The second-order valence-corrected chi connectivity index (χ2v) is 5.56. The first kappa shape index (κ1) is 19.1. The average molecular weight is 359 g/mol. The lowest BCUT2D eigenvalue weighted by Crippen LogP contribution is -2.31. The van der Waals surface area contributed by atoms with E-state index >= 15 is 0 Å². The summed E-state index contributed by atoms with van der Waals surface area (Å²) in [5, 5.41) is 2.47. The van der Waals surface area contributed by atoms with E-state index in [1.807, 2.05) is 0 Å². The third kappa shape index (κ3) is 5.41. The van der Waals surface area contributed by atoms with Gasteiger partial charge < -0.3 is 14.8 Å². The Labute approximate surface area is 149 Å². The van der Waals surface area contributed by atoms with Gasteiger partial charge in [0, 0.05) is 11.3 Å². The zero-order chi connectivity index (χ0) is 19.1. The smallest absolute Gasteiger partial charge is 0.344 e. The Morgan fingerprint density at radius 1 is 1.19 bits per heavy atom. The normalized spacial score (nSPS) is 11.3. The summed E-state index contributed by atoms with van der Waals surface area (Å²) in [5.41, 5.74) is 1.21. The average Bonchev–Trinajstić information content (AvgIpc) is 2.63. The van der Waals surface area contributed by atoms with Crippen molar-refractivity contribution in [2.45, 2.75) is 20.0 Å². The molecule has 0 aliphatic rings. The van der Waals surface area contributed by atoms with Crippen molar-refractivity contribution in [3.05, 3.63) is 59.4 Å². The molecular weight excluding hydrogens is 341 g/mol. The quantitative estimate of drug-likeness (QED) is 0.607. The van der Waals surface area contributed by atoms with Crippen LogP contribution in [0.5, 0.6) is 5.75 Å². The molecule has 1 atom stereocenters. The number of anilines is 1. The Morgan fingerprint density at radius 2 is 1.88 bits per heavy atom. The second kappa shape index (κ2) is 8.75. The highest BCUT2D eigenvalue weighted by atomic mass is 19.1. The van der Waals surface area contributed by atoms with Crippen molar-refractivity contribution < 1.29 is 28.2 Å². The van der Waals surface area contributed by atoms with Gasteiger partial charge in [-0.05, 0) is 55.8 Å². The maximum absolute atomic E-state index is 13.5. The highest BCUT2D eigenvalue weighted by Crippen LogP contribution is 2.14. The van der Waals surface area contributed by atoms with Crippen LogP contribution in [0.1, 0.15) is 22.8 Å². The third-order valence-electron chi connectivity index (χ3n) is 3.49. The molecule has 136 valence electrons. The number of nitrogens with one attached hydrogen (secondary N) is 1. The molecule has 0 aliphatic carbocycles. The number of hydrogen-bond donors (Lipinski definition) is 1. The topological polar surface area (TPSA) is 81.7 Å². The fourth-order valence-electron chi connectivity index (χ4n) is 1.98. The van der Waals surface area contributed by atoms with Crippen molar-refractivity contribution in [3.63, 3.8) is 0 Å². The molecule has 6 nitrogen and oxygen atoms in total. The van der Waals surface area contributed by atoms with Crippen LogP contribution < -0.4 is 10.1 Å². The number of hydrogen-bond acceptors (Lipinski definition) is 5. The highest BCUT2D eigenvalue weighted by molar-refractivity contribution is 5.95. The van der Waals surface area contributed by atoms with E-state index in [1.54, 1.807) is 37.3 Å². The highest BCUT2D eigenvalue weighted by Gasteiger charge is 2.18. The number of aldehydes is 1. The lowest BCUT2D eigenvalue weighted by Gasteiger charge is -2.14. The molecule has 26 heavy (non-hydrogen) atoms. The molecule has 0 bridgehead atoms. The van der Waals surface area contributed by atoms with Gasteiger partial charge in [0.1, 0.15) is 17.9 Å². The van der Waals surface area contributed by atoms with Crippen LogP contribution >= 0.6 is 0 Å². The number of carbonyl (C=O) groups excluding carboxylic acids is 3. The van der Waals surface area contributed by atoms with Gasteiger partial charge in [-0.1, -0.05) is 6.07 Å². The predicted octanol–water partition coefficient (Wildman–Crippen LogP) is 2.90. The fourth-order valence-corrected chi connectivity index (χ4v) is 1.98. The molecule has 1 N–H and O–H groups in total. The van der Waals surface area contributed by atoms with Gasteiger partial charge in [0.25, 0.3) is 5.91 Å². The van der Waals surface area contributed by atoms with Gasteiger partial charge in [-0.3, -0.25) is 9.59 Å². The van der Waals surface area contributed by atoms with Crippen LogP contribution in [0.3, 0.4) is 0 Å². The molecule has 0 saturated carbocycles. The summed E-state index contributed by atoms with van der Waals surface area (Å²) in [6.45, 7) is 2.62. The molecule has 0 radical (unpaired) electrons. The van der Waals surface area contributed by atoms with Crippen molar-refractivity contribution in [2.75, 3.05) is 11.9 Å². The SMILES string of the molecule is Cc1ccc(NC(=O)[C@@H](C)OC(=O)COc2ccc(C=O)cc2)cc1F. The number of benzene rings is 2. The van der Waals surface area contributed by atoms with Gasteiger partial charge in [-0.2, -0.15) is 0 Å². The number of halogens is 1. The van der Waals surface area contributed by atoms with E-state index in [0.29, 0.717) is 23.2 Å². The van der Waals surface area contributed by atoms with Gasteiger partial charge in [-0.25, -0.2) is 9.18 Å². The molecule has 0 unspecified atom stereocenters. The van der Waals surface area contributed by atoms with Crippen molar-refractivity contribution in [3.8, 4) is 5.75 Å². The Hall–Kier alpha value is -3.22. The lowest BCUT2D eigenvalue weighted by molar-refractivity contribution is -0.155. The van der Waals surface area contributed by atoms with Crippen LogP contribution in [0.4, 0.5) is 10.1 Å². The van der Waals surface area contributed by atoms with Crippen molar-refractivity contribution in [1.29, 1.82) is 0 Å². The largest absolute Gasteiger partial charge is 0.482 e. The molecule has 0 spiro atoms. The number of rotatable bonds is 7. The molecule has 1 amide bonds. The summed E-state index contributed by atoms with van der Waals surface area (Å²) in [5.74, 6) is -1.37. The minimum Gasteiger partial charge on any atom is -0.482 e. The fraction of sp³-hybridized carbons (Fsp3) is 0.211. The molecule has 2 rings (SSSR count). The second-order valence-electron chi connectivity index (χ2n) is 5.56. The molecule has 2 aromatic rings. The zero-order valence-corrected chi connectivity index (χ0v) is 14.3. The molecule has 0 fully saturated rings. The maximum atomic E-state index is 13.5. The van der Waals surface area contributed by atoms with Crippen LogP contribution in [0, 0.1) is 12.7 Å². The Kier molecular flexibility index (Phi) is 6.43. The lowest BCUT2D eigenvalue weighted by atomic mass is 10.2. The number of aryl methyl sites for hydroxylation is 1. The Morgan fingerprint density at radius 3 is 2.50 bits per heavy atom. The van der Waals surface area contributed by atoms with Crippen LogP contribution in [-0.4, -0.2) is 30.9 Å². The number of carbonyl (C=O) groups is 3. The summed E-state index contributed by atoms with van der Waals surface area (Å²) >= 11 is 0. The van der Waals surface area contributed by atoms with Gasteiger partial charge >= 0.3 is 5.97 Å². The molecule has 0 heterocycles. The molecule has 2 aromatic carbocycles. The van der Waals surface area contributed by atoms with Crippen molar-refractivity contribution >= 4 is 23.9 Å². The minimum atomic E-state index is -1.08. The van der Waals surface area contributed by atoms with Gasteiger partial charge in [-0.15, -0.1) is 0 Å². The minimum absolute atomic E-state index is 0.271. The van der Waals surface area contributed by atoms with E-state index in [9.17, 15) is 18.8 Å². The molecular formula is C19H18FNO5. The standard InChI is InChI=1S/C19H18FNO5/c1-12-3-6-15(9-17(12)20)21-19(24)13(2)26-18(23)11-25-16-7-4-14(10-22)5-8-16/h3-10,13H,11H2,1-2H3,(H,21,24)/t13-/m1/s1. The Balaban J connectivity index is 1.82. The number of esters is 1. The van der Waals surface area contributed by atoms with Crippen LogP contribution in [0.15, 0.2) is 42.5 Å². The maximum Gasteiger partial charge on any atom is 0.344 e. The van der Waals surface area contributed by atoms with Crippen LogP contribution in [-0.2, 0) is 14.3 Å². The van der Waals surface area contributed by atoms with Crippen LogP contribution in [0.25, 0.3) is 0 Å². The molecule has 0 aliphatic heterocycles. The van der Waals surface area contributed by atoms with Gasteiger partial charge in [0.2, 0.25) is 0 Å².